The van der Waals surface area contributed by atoms with Gasteiger partial charge in [-0.2, -0.15) is 5.26 Å². The van der Waals surface area contributed by atoms with Crippen LogP contribution in [0.5, 0.6) is 5.75 Å². The van der Waals surface area contributed by atoms with E-state index in [1.54, 1.807) is 24.3 Å². The summed E-state index contributed by atoms with van der Waals surface area (Å²) in [5.41, 5.74) is -0.534. The van der Waals surface area contributed by atoms with Crippen molar-refractivity contribution in [3.63, 3.8) is 0 Å². The Kier molecular flexibility index (Phi) is 5.80. The highest BCUT2D eigenvalue weighted by Gasteiger charge is 2.35. The Hall–Kier alpha value is -2.55. The average Bonchev–Trinajstić information content (AvgIpc) is 2.62. The number of hydrogen-bond acceptors (Lipinski definition) is 5. The van der Waals surface area contributed by atoms with Gasteiger partial charge in [0.15, 0.2) is 6.10 Å². The first kappa shape index (κ1) is 17.8. The molecular weight excluding hydrogens is 308 g/mol. The summed E-state index contributed by atoms with van der Waals surface area (Å²) in [5.74, 6) is -0.520. The number of nitriles is 1. The Labute approximate surface area is 141 Å². The summed E-state index contributed by atoms with van der Waals surface area (Å²) in [4.78, 5) is 24.4. The fraction of sp³-hybridized carbons (Fsp3) is 0.500. The molecule has 24 heavy (non-hydrogen) atoms. The van der Waals surface area contributed by atoms with Crippen LogP contribution in [0.15, 0.2) is 24.3 Å². The Balaban J connectivity index is 1.98. The molecule has 1 N–H and O–H groups in total. The summed E-state index contributed by atoms with van der Waals surface area (Å²) < 4.78 is 10.3. The first-order valence-electron chi connectivity index (χ1n) is 8.08. The third kappa shape index (κ3) is 4.25. The number of benzene rings is 1. The molecule has 0 spiro atoms. The molecule has 0 bridgehead atoms. The molecule has 1 aromatic carbocycles. The second-order valence-electron chi connectivity index (χ2n) is 6.02. The molecule has 1 amide bonds. The Morgan fingerprint density at radius 1 is 1.29 bits per heavy atom. The van der Waals surface area contributed by atoms with Gasteiger partial charge in [0.05, 0.1) is 18.7 Å². The zero-order chi connectivity index (χ0) is 17.6. The van der Waals surface area contributed by atoms with E-state index in [1.807, 2.05) is 0 Å². The summed E-state index contributed by atoms with van der Waals surface area (Å²) in [6.45, 7) is 1.50. The lowest BCUT2D eigenvalue weighted by atomic mass is 9.83. The molecule has 1 saturated carbocycles. The molecule has 0 aliphatic heterocycles. The molecule has 1 fully saturated rings. The van der Waals surface area contributed by atoms with Crippen molar-refractivity contribution >= 4 is 11.9 Å². The molecule has 1 aliphatic carbocycles. The van der Waals surface area contributed by atoms with Crippen LogP contribution in [0.2, 0.25) is 0 Å². The van der Waals surface area contributed by atoms with Crippen molar-refractivity contribution in [3.8, 4) is 11.8 Å². The number of nitrogens with zero attached hydrogens (tertiary/aromatic N) is 1. The summed E-state index contributed by atoms with van der Waals surface area (Å²) in [6, 6.07) is 8.74. The first-order chi connectivity index (χ1) is 11.5. The number of ether oxygens (including phenoxy) is 2. The summed E-state index contributed by atoms with van der Waals surface area (Å²) >= 11 is 0. The van der Waals surface area contributed by atoms with Crippen molar-refractivity contribution in [2.24, 2.45) is 0 Å². The molecular formula is C18H22N2O4. The smallest absolute Gasteiger partial charge is 0.339 e. The van der Waals surface area contributed by atoms with Gasteiger partial charge in [-0.3, -0.25) is 4.79 Å². The summed E-state index contributed by atoms with van der Waals surface area (Å²) in [7, 11) is 1.51. The molecule has 6 nitrogen and oxygen atoms in total. The van der Waals surface area contributed by atoms with E-state index in [2.05, 4.69) is 11.4 Å². The number of carbonyl (C=O) groups is 2. The van der Waals surface area contributed by atoms with Crippen LogP contribution in [0.1, 0.15) is 49.4 Å². The SMILES string of the molecule is COc1cccc(C(=O)O[C@@H](C)C(=O)NC2(C#N)CCCCC2)c1. The highest BCUT2D eigenvalue weighted by molar-refractivity contribution is 5.92. The molecule has 0 saturated heterocycles. The normalized spacial score (nSPS) is 17.2. The number of methoxy groups -OCH3 is 1. The van der Waals surface area contributed by atoms with E-state index >= 15 is 0 Å². The molecule has 6 heteroatoms. The molecule has 2 rings (SSSR count). The van der Waals surface area contributed by atoms with Crippen LogP contribution in [-0.2, 0) is 9.53 Å². The quantitative estimate of drug-likeness (QED) is 0.838. The molecule has 0 aromatic heterocycles. The van der Waals surface area contributed by atoms with E-state index in [4.69, 9.17) is 9.47 Å². The topological polar surface area (TPSA) is 88.4 Å². The standard InChI is InChI=1S/C18H22N2O4/c1-13(16(21)20-18(12-19)9-4-3-5-10-18)24-17(22)14-7-6-8-15(11-14)23-2/h6-8,11,13H,3-5,9-10H2,1-2H3,(H,20,21)/t13-/m0/s1. The molecule has 128 valence electrons. The summed E-state index contributed by atoms with van der Waals surface area (Å²) in [6.07, 6.45) is 3.17. The minimum Gasteiger partial charge on any atom is -0.497 e. The zero-order valence-electron chi connectivity index (χ0n) is 14.0. The van der Waals surface area contributed by atoms with Gasteiger partial charge in [-0.25, -0.2) is 4.79 Å². The molecule has 0 unspecified atom stereocenters. The number of carbonyl (C=O) groups excluding carboxylic acids is 2. The predicted molar refractivity (Wildman–Crippen MR) is 87.4 cm³/mol. The minimum absolute atomic E-state index is 0.307. The van der Waals surface area contributed by atoms with Crippen molar-refractivity contribution in [3.05, 3.63) is 29.8 Å². The van der Waals surface area contributed by atoms with Gasteiger partial charge in [0.1, 0.15) is 11.3 Å². The van der Waals surface area contributed by atoms with E-state index in [9.17, 15) is 14.9 Å². The largest absolute Gasteiger partial charge is 0.497 e. The van der Waals surface area contributed by atoms with E-state index in [-0.39, 0.29) is 0 Å². The molecule has 1 aromatic rings. The number of rotatable bonds is 5. The Morgan fingerprint density at radius 2 is 2.00 bits per heavy atom. The highest BCUT2D eigenvalue weighted by atomic mass is 16.5. The van der Waals surface area contributed by atoms with Gasteiger partial charge in [0.2, 0.25) is 0 Å². The van der Waals surface area contributed by atoms with E-state index in [0.29, 0.717) is 24.2 Å². The number of amides is 1. The van der Waals surface area contributed by atoms with Gasteiger partial charge >= 0.3 is 5.97 Å². The van der Waals surface area contributed by atoms with Crippen molar-refractivity contribution in [2.75, 3.05) is 7.11 Å². The number of esters is 1. The second-order valence-corrected chi connectivity index (χ2v) is 6.02. The third-order valence-electron chi connectivity index (χ3n) is 4.24. The third-order valence-corrected chi connectivity index (χ3v) is 4.24. The molecule has 1 atom stereocenters. The van der Waals surface area contributed by atoms with Crippen LogP contribution in [0, 0.1) is 11.3 Å². The fourth-order valence-corrected chi connectivity index (χ4v) is 2.79. The van der Waals surface area contributed by atoms with Crippen LogP contribution >= 0.6 is 0 Å². The van der Waals surface area contributed by atoms with Crippen LogP contribution < -0.4 is 10.1 Å². The lowest BCUT2D eigenvalue weighted by molar-refractivity contribution is -0.130. The maximum Gasteiger partial charge on any atom is 0.339 e. The van der Waals surface area contributed by atoms with Gasteiger partial charge in [0, 0.05) is 0 Å². The molecule has 0 heterocycles. The predicted octanol–water partition coefficient (Wildman–Crippen LogP) is 2.58. The lowest BCUT2D eigenvalue weighted by Crippen LogP contribution is -2.52. The summed E-state index contributed by atoms with van der Waals surface area (Å²) in [5, 5.41) is 12.2. The van der Waals surface area contributed by atoms with Gasteiger partial charge in [-0.1, -0.05) is 25.3 Å². The van der Waals surface area contributed by atoms with E-state index in [1.165, 1.54) is 14.0 Å². The monoisotopic (exact) mass is 330 g/mol. The molecule has 1 aliphatic rings. The van der Waals surface area contributed by atoms with Gasteiger partial charge in [-0.15, -0.1) is 0 Å². The van der Waals surface area contributed by atoms with Crippen molar-refractivity contribution in [1.82, 2.24) is 5.32 Å². The van der Waals surface area contributed by atoms with Crippen LogP contribution in [0.3, 0.4) is 0 Å². The van der Waals surface area contributed by atoms with Gasteiger partial charge < -0.3 is 14.8 Å². The number of nitrogens with one attached hydrogen (secondary N) is 1. The van der Waals surface area contributed by atoms with Gasteiger partial charge in [0.25, 0.3) is 5.91 Å². The number of hydrogen-bond donors (Lipinski definition) is 1. The Bertz CT molecular complexity index is 645. The van der Waals surface area contributed by atoms with Crippen LogP contribution in [0.4, 0.5) is 0 Å². The minimum atomic E-state index is -0.976. The average molecular weight is 330 g/mol. The maximum atomic E-state index is 12.3. The fourth-order valence-electron chi connectivity index (χ4n) is 2.79. The van der Waals surface area contributed by atoms with Crippen molar-refractivity contribution in [1.29, 1.82) is 5.26 Å². The molecule has 0 radical (unpaired) electrons. The maximum absolute atomic E-state index is 12.3. The van der Waals surface area contributed by atoms with E-state index in [0.717, 1.165) is 19.3 Å². The van der Waals surface area contributed by atoms with Crippen LogP contribution in [-0.4, -0.2) is 30.6 Å². The van der Waals surface area contributed by atoms with Crippen molar-refractivity contribution < 1.29 is 19.1 Å². The van der Waals surface area contributed by atoms with Gasteiger partial charge in [-0.05, 0) is 38.0 Å². The van der Waals surface area contributed by atoms with E-state index < -0.39 is 23.5 Å². The first-order valence-corrected chi connectivity index (χ1v) is 8.08. The second kappa shape index (κ2) is 7.82. The highest BCUT2D eigenvalue weighted by Crippen LogP contribution is 2.27. The van der Waals surface area contributed by atoms with Crippen LogP contribution in [0.25, 0.3) is 0 Å². The van der Waals surface area contributed by atoms with Crippen molar-refractivity contribution in [2.45, 2.75) is 50.7 Å². The zero-order valence-corrected chi connectivity index (χ0v) is 14.0. The Morgan fingerprint density at radius 3 is 2.62 bits per heavy atom. The lowest BCUT2D eigenvalue weighted by Gasteiger charge is -2.32.